The monoisotopic (exact) mass is 161 g/mol. The van der Waals surface area contributed by atoms with E-state index in [0.29, 0.717) is 18.7 Å². The van der Waals surface area contributed by atoms with E-state index in [1.807, 2.05) is 13.8 Å². The van der Waals surface area contributed by atoms with Crippen LogP contribution in [0.25, 0.3) is 0 Å². The average Bonchev–Trinajstić information content (AvgIpc) is 2.62. The van der Waals surface area contributed by atoms with Gasteiger partial charge in [-0.15, -0.1) is 0 Å². The van der Waals surface area contributed by atoms with Gasteiger partial charge in [-0.2, -0.15) is 0 Å². The fourth-order valence-electron chi connectivity index (χ4n) is 1.13. The Hall–Kier alpha value is -0.150. The number of rotatable bonds is 5. The second kappa shape index (κ2) is 4.02. The molecule has 0 amide bonds. The van der Waals surface area contributed by atoms with Gasteiger partial charge in [-0.25, -0.2) is 4.39 Å². The SMILES string of the molecule is CC(C)O[C@@H]1C[C@H]1NCCF. The minimum Gasteiger partial charge on any atom is -0.374 e. The number of hydrogen-bond donors (Lipinski definition) is 1. The van der Waals surface area contributed by atoms with Crippen molar-refractivity contribution >= 4 is 0 Å². The van der Waals surface area contributed by atoms with Crippen molar-refractivity contribution in [3.63, 3.8) is 0 Å². The molecule has 1 rings (SSSR count). The van der Waals surface area contributed by atoms with Crippen molar-refractivity contribution in [2.24, 2.45) is 0 Å². The predicted molar refractivity (Wildman–Crippen MR) is 42.4 cm³/mol. The van der Waals surface area contributed by atoms with Gasteiger partial charge in [-0.3, -0.25) is 0 Å². The van der Waals surface area contributed by atoms with Gasteiger partial charge in [0.1, 0.15) is 6.67 Å². The Balaban J connectivity index is 1.98. The van der Waals surface area contributed by atoms with Crippen LogP contribution in [-0.2, 0) is 4.74 Å². The first-order valence-corrected chi connectivity index (χ1v) is 4.19. The van der Waals surface area contributed by atoms with Crippen LogP contribution in [0.15, 0.2) is 0 Å². The molecule has 0 aromatic carbocycles. The second-order valence-electron chi connectivity index (χ2n) is 3.21. The molecule has 1 saturated carbocycles. The van der Waals surface area contributed by atoms with Gasteiger partial charge in [0.15, 0.2) is 0 Å². The highest BCUT2D eigenvalue weighted by Crippen LogP contribution is 2.26. The Kier molecular flexibility index (Phi) is 3.27. The summed E-state index contributed by atoms with van der Waals surface area (Å²) >= 11 is 0. The van der Waals surface area contributed by atoms with Crippen LogP contribution in [0.5, 0.6) is 0 Å². The third kappa shape index (κ3) is 3.16. The summed E-state index contributed by atoms with van der Waals surface area (Å²) in [7, 11) is 0. The van der Waals surface area contributed by atoms with E-state index in [4.69, 9.17) is 4.74 Å². The topological polar surface area (TPSA) is 21.3 Å². The van der Waals surface area contributed by atoms with E-state index in [9.17, 15) is 4.39 Å². The van der Waals surface area contributed by atoms with Crippen molar-refractivity contribution in [1.82, 2.24) is 5.32 Å². The molecule has 3 heteroatoms. The fraction of sp³-hybridized carbons (Fsp3) is 1.00. The van der Waals surface area contributed by atoms with Gasteiger partial charge in [-0.1, -0.05) is 0 Å². The van der Waals surface area contributed by atoms with Gasteiger partial charge in [0.2, 0.25) is 0 Å². The summed E-state index contributed by atoms with van der Waals surface area (Å²) in [6.45, 7) is 4.21. The number of alkyl halides is 1. The Labute approximate surface area is 67.1 Å². The summed E-state index contributed by atoms with van der Waals surface area (Å²) in [5, 5.41) is 3.06. The summed E-state index contributed by atoms with van der Waals surface area (Å²) in [5.74, 6) is 0. The molecule has 1 N–H and O–H groups in total. The highest BCUT2D eigenvalue weighted by molar-refractivity contribution is 4.95. The third-order valence-electron chi connectivity index (χ3n) is 1.68. The molecule has 1 fully saturated rings. The minimum atomic E-state index is -0.287. The molecule has 0 unspecified atom stereocenters. The zero-order valence-electron chi connectivity index (χ0n) is 7.14. The summed E-state index contributed by atoms with van der Waals surface area (Å²) in [4.78, 5) is 0. The number of ether oxygens (including phenoxy) is 1. The molecular weight excluding hydrogens is 145 g/mol. The van der Waals surface area contributed by atoms with Crippen LogP contribution in [0, 0.1) is 0 Å². The van der Waals surface area contributed by atoms with E-state index >= 15 is 0 Å². The Morgan fingerprint density at radius 2 is 2.36 bits per heavy atom. The van der Waals surface area contributed by atoms with Gasteiger partial charge in [-0.05, 0) is 20.3 Å². The minimum absolute atomic E-state index is 0.287. The predicted octanol–water partition coefficient (Wildman–Crippen LogP) is 1.11. The maximum absolute atomic E-state index is 11.7. The lowest BCUT2D eigenvalue weighted by Crippen LogP contribution is -2.23. The summed E-state index contributed by atoms with van der Waals surface area (Å²) in [6, 6.07) is 0.410. The molecule has 0 heterocycles. The lowest BCUT2D eigenvalue weighted by atomic mass is 10.5. The largest absolute Gasteiger partial charge is 0.374 e. The summed E-state index contributed by atoms with van der Waals surface area (Å²) in [6.07, 6.45) is 1.66. The molecule has 0 aromatic heterocycles. The molecule has 0 saturated heterocycles. The van der Waals surface area contributed by atoms with Crippen LogP contribution < -0.4 is 5.32 Å². The molecule has 11 heavy (non-hydrogen) atoms. The van der Waals surface area contributed by atoms with Crippen molar-refractivity contribution in [1.29, 1.82) is 0 Å². The zero-order chi connectivity index (χ0) is 8.27. The van der Waals surface area contributed by atoms with Gasteiger partial charge in [0, 0.05) is 12.6 Å². The van der Waals surface area contributed by atoms with E-state index in [0.717, 1.165) is 6.42 Å². The Morgan fingerprint density at radius 3 is 2.91 bits per heavy atom. The summed E-state index contributed by atoms with van der Waals surface area (Å²) < 4.78 is 17.2. The molecular formula is C8H16FNO. The first-order chi connectivity index (χ1) is 5.24. The molecule has 0 radical (unpaired) electrons. The zero-order valence-corrected chi connectivity index (χ0v) is 7.14. The highest BCUT2D eigenvalue weighted by Gasteiger charge is 2.38. The van der Waals surface area contributed by atoms with Crippen LogP contribution in [0.2, 0.25) is 0 Å². The number of halogens is 1. The highest BCUT2D eigenvalue weighted by atomic mass is 19.1. The van der Waals surface area contributed by atoms with E-state index in [-0.39, 0.29) is 12.8 Å². The maximum atomic E-state index is 11.7. The lowest BCUT2D eigenvalue weighted by molar-refractivity contribution is 0.0594. The molecule has 0 spiro atoms. The van der Waals surface area contributed by atoms with Gasteiger partial charge in [0.05, 0.1) is 12.2 Å². The molecule has 2 atom stereocenters. The average molecular weight is 161 g/mol. The molecule has 0 aliphatic heterocycles. The normalized spacial score (nSPS) is 29.5. The standard InChI is InChI=1S/C8H16FNO/c1-6(2)11-8-5-7(8)10-4-3-9/h6-8,10H,3-5H2,1-2H3/t7-,8-/m1/s1. The van der Waals surface area contributed by atoms with Crippen molar-refractivity contribution < 1.29 is 9.13 Å². The Morgan fingerprint density at radius 1 is 1.64 bits per heavy atom. The number of nitrogens with one attached hydrogen (secondary N) is 1. The van der Waals surface area contributed by atoms with E-state index in [1.54, 1.807) is 0 Å². The van der Waals surface area contributed by atoms with Crippen LogP contribution in [-0.4, -0.2) is 31.5 Å². The lowest BCUT2D eigenvalue weighted by Gasteiger charge is -2.06. The maximum Gasteiger partial charge on any atom is 0.102 e. The molecule has 1 aliphatic rings. The van der Waals surface area contributed by atoms with Gasteiger partial charge < -0.3 is 10.1 Å². The van der Waals surface area contributed by atoms with Gasteiger partial charge in [0.25, 0.3) is 0 Å². The first-order valence-electron chi connectivity index (χ1n) is 4.19. The van der Waals surface area contributed by atoms with Crippen molar-refractivity contribution in [3.8, 4) is 0 Å². The molecule has 0 aromatic rings. The second-order valence-corrected chi connectivity index (χ2v) is 3.21. The van der Waals surface area contributed by atoms with Crippen molar-refractivity contribution in [2.75, 3.05) is 13.2 Å². The third-order valence-corrected chi connectivity index (χ3v) is 1.68. The Bertz CT molecular complexity index is 119. The molecule has 1 aliphatic carbocycles. The van der Waals surface area contributed by atoms with Gasteiger partial charge >= 0.3 is 0 Å². The fourth-order valence-corrected chi connectivity index (χ4v) is 1.13. The molecule has 66 valence electrons. The van der Waals surface area contributed by atoms with Crippen molar-refractivity contribution in [2.45, 2.75) is 38.5 Å². The van der Waals surface area contributed by atoms with Crippen LogP contribution >= 0.6 is 0 Å². The number of hydrogen-bond acceptors (Lipinski definition) is 2. The van der Waals surface area contributed by atoms with E-state index in [2.05, 4.69) is 5.32 Å². The van der Waals surface area contributed by atoms with Crippen LogP contribution in [0.3, 0.4) is 0 Å². The van der Waals surface area contributed by atoms with E-state index in [1.165, 1.54) is 0 Å². The van der Waals surface area contributed by atoms with Crippen LogP contribution in [0.4, 0.5) is 4.39 Å². The van der Waals surface area contributed by atoms with Crippen LogP contribution in [0.1, 0.15) is 20.3 Å². The van der Waals surface area contributed by atoms with E-state index < -0.39 is 0 Å². The first kappa shape index (κ1) is 8.94. The molecule has 2 nitrogen and oxygen atoms in total. The molecule has 0 bridgehead atoms. The quantitative estimate of drug-likeness (QED) is 0.652. The smallest absolute Gasteiger partial charge is 0.102 e. The summed E-state index contributed by atoms with van der Waals surface area (Å²) in [5.41, 5.74) is 0. The van der Waals surface area contributed by atoms with Crippen molar-refractivity contribution in [3.05, 3.63) is 0 Å².